The zero-order valence-corrected chi connectivity index (χ0v) is 6.17. The SMILES string of the molecule is C=C(N)Nc1ccccc1N. The van der Waals surface area contributed by atoms with Gasteiger partial charge in [0.15, 0.2) is 0 Å². The monoisotopic (exact) mass is 149 g/mol. The van der Waals surface area contributed by atoms with E-state index in [0.29, 0.717) is 11.5 Å². The molecule has 5 N–H and O–H groups in total. The fourth-order valence-electron chi connectivity index (χ4n) is 0.784. The maximum Gasteiger partial charge on any atom is 0.0931 e. The summed E-state index contributed by atoms with van der Waals surface area (Å²) < 4.78 is 0. The van der Waals surface area contributed by atoms with Crippen LogP contribution in [-0.4, -0.2) is 0 Å². The molecule has 0 unspecified atom stereocenters. The maximum atomic E-state index is 5.61. The van der Waals surface area contributed by atoms with Crippen molar-refractivity contribution in [3.63, 3.8) is 0 Å². The fourth-order valence-corrected chi connectivity index (χ4v) is 0.784. The van der Waals surface area contributed by atoms with E-state index in [1.807, 2.05) is 18.2 Å². The van der Waals surface area contributed by atoms with E-state index >= 15 is 0 Å². The Bertz CT molecular complexity index is 268. The highest BCUT2D eigenvalue weighted by Crippen LogP contribution is 2.16. The van der Waals surface area contributed by atoms with Gasteiger partial charge >= 0.3 is 0 Å². The summed E-state index contributed by atoms with van der Waals surface area (Å²) in [5.41, 5.74) is 12.4. The maximum absolute atomic E-state index is 5.61. The lowest BCUT2D eigenvalue weighted by Crippen LogP contribution is -2.08. The number of anilines is 2. The summed E-state index contributed by atoms with van der Waals surface area (Å²) in [6.45, 7) is 3.50. The van der Waals surface area contributed by atoms with E-state index < -0.39 is 0 Å². The topological polar surface area (TPSA) is 64.1 Å². The van der Waals surface area contributed by atoms with Gasteiger partial charge in [0.25, 0.3) is 0 Å². The molecule has 1 aromatic rings. The van der Waals surface area contributed by atoms with Gasteiger partial charge in [0, 0.05) is 0 Å². The molecule has 3 nitrogen and oxygen atoms in total. The van der Waals surface area contributed by atoms with Crippen molar-refractivity contribution in [1.29, 1.82) is 0 Å². The number of benzene rings is 1. The number of nitrogens with two attached hydrogens (primary N) is 2. The van der Waals surface area contributed by atoms with Crippen LogP contribution in [0.4, 0.5) is 11.4 Å². The number of rotatable bonds is 2. The van der Waals surface area contributed by atoms with E-state index in [2.05, 4.69) is 11.9 Å². The van der Waals surface area contributed by atoms with E-state index in [4.69, 9.17) is 11.5 Å². The fraction of sp³-hybridized carbons (Fsp3) is 0. The quantitative estimate of drug-likeness (QED) is 0.552. The largest absolute Gasteiger partial charge is 0.397 e. The first-order valence-electron chi connectivity index (χ1n) is 3.26. The summed E-state index contributed by atoms with van der Waals surface area (Å²) in [6, 6.07) is 7.38. The summed E-state index contributed by atoms with van der Waals surface area (Å²) in [5.74, 6) is 0.392. The number of nitrogens with one attached hydrogen (secondary N) is 1. The van der Waals surface area contributed by atoms with E-state index in [1.165, 1.54) is 0 Å². The molecule has 0 atom stereocenters. The third-order valence-electron chi connectivity index (χ3n) is 1.26. The van der Waals surface area contributed by atoms with Crippen LogP contribution in [0.15, 0.2) is 36.7 Å². The second kappa shape index (κ2) is 2.96. The molecule has 3 heteroatoms. The molecule has 0 fully saturated rings. The van der Waals surface area contributed by atoms with Crippen molar-refractivity contribution in [2.24, 2.45) is 5.73 Å². The lowest BCUT2D eigenvalue weighted by Gasteiger charge is -2.06. The second-order valence-electron chi connectivity index (χ2n) is 2.24. The third kappa shape index (κ3) is 1.89. The Morgan fingerprint density at radius 2 is 2.00 bits per heavy atom. The van der Waals surface area contributed by atoms with Crippen LogP contribution < -0.4 is 16.8 Å². The van der Waals surface area contributed by atoms with Crippen LogP contribution in [-0.2, 0) is 0 Å². The highest BCUT2D eigenvalue weighted by atomic mass is 15.0. The normalized spacial score (nSPS) is 9.09. The molecular formula is C8H11N3. The van der Waals surface area contributed by atoms with Crippen molar-refractivity contribution in [3.05, 3.63) is 36.7 Å². The van der Waals surface area contributed by atoms with Gasteiger partial charge in [-0.05, 0) is 12.1 Å². The van der Waals surface area contributed by atoms with E-state index in [-0.39, 0.29) is 0 Å². The molecule has 0 aliphatic rings. The lowest BCUT2D eigenvalue weighted by atomic mass is 10.3. The van der Waals surface area contributed by atoms with Gasteiger partial charge in [0.1, 0.15) is 0 Å². The van der Waals surface area contributed by atoms with Crippen LogP contribution in [0.1, 0.15) is 0 Å². The van der Waals surface area contributed by atoms with Gasteiger partial charge in [-0.2, -0.15) is 0 Å². The molecule has 1 rings (SSSR count). The Morgan fingerprint density at radius 3 is 2.55 bits per heavy atom. The molecule has 0 aliphatic heterocycles. The number of nitrogen functional groups attached to an aromatic ring is 1. The average Bonchev–Trinajstić information content (AvgIpc) is 1.93. The Balaban J connectivity index is 2.86. The molecule has 0 bridgehead atoms. The molecule has 0 radical (unpaired) electrons. The molecule has 0 heterocycles. The molecule has 0 saturated heterocycles. The molecule has 0 amide bonds. The highest BCUT2D eigenvalue weighted by molar-refractivity contribution is 5.67. The minimum Gasteiger partial charge on any atom is -0.397 e. The van der Waals surface area contributed by atoms with Gasteiger partial charge in [0.05, 0.1) is 17.2 Å². The molecule has 0 aromatic heterocycles. The van der Waals surface area contributed by atoms with Crippen LogP contribution >= 0.6 is 0 Å². The van der Waals surface area contributed by atoms with E-state index in [1.54, 1.807) is 6.07 Å². The minimum absolute atomic E-state index is 0.392. The van der Waals surface area contributed by atoms with Gasteiger partial charge < -0.3 is 16.8 Å². The number of hydrogen-bond donors (Lipinski definition) is 3. The van der Waals surface area contributed by atoms with Crippen LogP contribution in [0.3, 0.4) is 0 Å². The second-order valence-corrected chi connectivity index (χ2v) is 2.24. The Labute approximate surface area is 65.7 Å². The van der Waals surface area contributed by atoms with Crippen molar-refractivity contribution in [3.8, 4) is 0 Å². The van der Waals surface area contributed by atoms with Crippen LogP contribution in [0.25, 0.3) is 0 Å². The van der Waals surface area contributed by atoms with Gasteiger partial charge in [0.2, 0.25) is 0 Å². The molecule has 11 heavy (non-hydrogen) atoms. The van der Waals surface area contributed by atoms with Crippen molar-refractivity contribution in [2.45, 2.75) is 0 Å². The van der Waals surface area contributed by atoms with Gasteiger partial charge in [-0.25, -0.2) is 0 Å². The van der Waals surface area contributed by atoms with Crippen molar-refractivity contribution < 1.29 is 0 Å². The molecule has 0 spiro atoms. The molecule has 0 saturated carbocycles. The van der Waals surface area contributed by atoms with E-state index in [9.17, 15) is 0 Å². The minimum atomic E-state index is 0.392. The Kier molecular flexibility index (Phi) is 2.01. The summed E-state index contributed by atoms with van der Waals surface area (Å²) in [7, 11) is 0. The number of hydrogen-bond acceptors (Lipinski definition) is 3. The zero-order valence-electron chi connectivity index (χ0n) is 6.17. The smallest absolute Gasteiger partial charge is 0.0931 e. The highest BCUT2D eigenvalue weighted by Gasteiger charge is 1.94. The van der Waals surface area contributed by atoms with Gasteiger partial charge in [-0.1, -0.05) is 18.7 Å². The number of para-hydroxylation sites is 2. The predicted octanol–water partition coefficient (Wildman–Crippen LogP) is 1.11. The van der Waals surface area contributed by atoms with Gasteiger partial charge in [-0.15, -0.1) is 0 Å². The van der Waals surface area contributed by atoms with E-state index in [0.717, 1.165) is 5.69 Å². The first-order valence-corrected chi connectivity index (χ1v) is 3.26. The van der Waals surface area contributed by atoms with Crippen molar-refractivity contribution >= 4 is 11.4 Å². The molecule has 1 aromatic carbocycles. The zero-order chi connectivity index (χ0) is 8.27. The average molecular weight is 149 g/mol. The summed E-state index contributed by atoms with van der Waals surface area (Å²) in [4.78, 5) is 0. The summed E-state index contributed by atoms with van der Waals surface area (Å²) >= 11 is 0. The Morgan fingerprint density at radius 1 is 1.36 bits per heavy atom. The molecular weight excluding hydrogens is 138 g/mol. The van der Waals surface area contributed by atoms with Crippen LogP contribution in [0.5, 0.6) is 0 Å². The summed E-state index contributed by atoms with van der Waals surface area (Å²) in [5, 5.41) is 2.83. The van der Waals surface area contributed by atoms with Crippen LogP contribution in [0.2, 0.25) is 0 Å². The third-order valence-corrected chi connectivity index (χ3v) is 1.26. The van der Waals surface area contributed by atoms with Gasteiger partial charge in [-0.3, -0.25) is 0 Å². The predicted molar refractivity (Wildman–Crippen MR) is 47.8 cm³/mol. The molecule has 58 valence electrons. The van der Waals surface area contributed by atoms with Crippen molar-refractivity contribution in [2.75, 3.05) is 11.1 Å². The first kappa shape index (κ1) is 7.47. The molecule has 0 aliphatic carbocycles. The Hall–Kier alpha value is -1.64. The lowest BCUT2D eigenvalue weighted by molar-refractivity contribution is 1.33. The standard InChI is InChI=1S/C8H11N3/c1-6(9)11-8-5-3-2-4-7(8)10/h2-5,11H,1,9-10H2. The van der Waals surface area contributed by atoms with Crippen LogP contribution in [0, 0.1) is 0 Å². The van der Waals surface area contributed by atoms with Crippen molar-refractivity contribution in [1.82, 2.24) is 0 Å². The summed E-state index contributed by atoms with van der Waals surface area (Å²) in [6.07, 6.45) is 0. The first-order chi connectivity index (χ1) is 5.20.